The van der Waals surface area contributed by atoms with Crippen molar-refractivity contribution in [2.24, 2.45) is 5.10 Å². The van der Waals surface area contributed by atoms with Crippen molar-refractivity contribution in [1.82, 2.24) is 30.3 Å². The van der Waals surface area contributed by atoms with Crippen molar-refractivity contribution < 1.29 is 4.79 Å². The summed E-state index contributed by atoms with van der Waals surface area (Å²) in [6.07, 6.45) is 7.26. The number of nitrogens with zero attached hydrogens (tertiary/aromatic N) is 5. The number of H-pyrrole nitrogens is 1. The van der Waals surface area contributed by atoms with Crippen LogP contribution < -0.4 is 10.7 Å². The fourth-order valence-electron chi connectivity index (χ4n) is 4.32. The number of fused-ring (bicyclic) bond motifs is 2. The lowest BCUT2D eigenvalue weighted by Gasteiger charge is -2.17. The van der Waals surface area contributed by atoms with Gasteiger partial charge in [-0.25, -0.2) is 4.98 Å². The summed E-state index contributed by atoms with van der Waals surface area (Å²) < 4.78 is 0. The molecule has 0 aliphatic carbocycles. The first kappa shape index (κ1) is 23.0. The van der Waals surface area contributed by atoms with Gasteiger partial charge < -0.3 is 15.7 Å². The standard InChI is InChI=1S/C27H24N8OS/c1-14(2)32-18-8-16(10-28-12-18)17-9-19-21(30-11-17)13-31-35-24(19)27-33-20-6-7-29-26(25(20)34-27)23-5-4-22(37-23)15(3)36/h4-12,14,31-32H,13H2,1-3H3,(H,33,34). The number of carbonyl (C=O) groups excluding carboxylic acids is 1. The van der Waals surface area contributed by atoms with Crippen LogP contribution in [0.1, 0.15) is 47.5 Å². The van der Waals surface area contributed by atoms with Crippen molar-refractivity contribution in [3.8, 4) is 21.7 Å². The molecule has 5 aromatic rings. The summed E-state index contributed by atoms with van der Waals surface area (Å²) in [6.45, 7) is 6.29. The molecular formula is C27H24N8OS. The van der Waals surface area contributed by atoms with Gasteiger partial charge in [0.2, 0.25) is 0 Å². The lowest BCUT2D eigenvalue weighted by molar-refractivity contribution is 0.102. The summed E-state index contributed by atoms with van der Waals surface area (Å²) in [7, 11) is 0. The number of imidazole rings is 1. The molecule has 184 valence electrons. The number of aromatic nitrogens is 5. The second-order valence-electron chi connectivity index (χ2n) is 9.14. The third-order valence-corrected chi connectivity index (χ3v) is 7.19. The molecule has 0 spiro atoms. The summed E-state index contributed by atoms with van der Waals surface area (Å²) >= 11 is 1.42. The van der Waals surface area contributed by atoms with E-state index in [4.69, 9.17) is 9.97 Å². The van der Waals surface area contributed by atoms with Gasteiger partial charge in [0.25, 0.3) is 0 Å². The first-order valence-electron chi connectivity index (χ1n) is 11.9. The van der Waals surface area contributed by atoms with Gasteiger partial charge in [-0.3, -0.25) is 19.7 Å². The van der Waals surface area contributed by atoms with E-state index >= 15 is 0 Å². The van der Waals surface area contributed by atoms with E-state index in [1.54, 1.807) is 13.1 Å². The van der Waals surface area contributed by atoms with Crippen LogP contribution in [0.3, 0.4) is 0 Å². The average molecular weight is 509 g/mol. The minimum atomic E-state index is 0.0365. The third-order valence-electron chi connectivity index (χ3n) is 6.00. The molecule has 0 atom stereocenters. The van der Waals surface area contributed by atoms with Gasteiger partial charge in [-0.05, 0) is 51.1 Å². The smallest absolute Gasteiger partial charge is 0.169 e. The second kappa shape index (κ2) is 9.21. The molecule has 0 saturated carbocycles. The van der Waals surface area contributed by atoms with Crippen LogP contribution in [-0.4, -0.2) is 42.5 Å². The van der Waals surface area contributed by atoms with Gasteiger partial charge in [0.15, 0.2) is 11.6 Å². The molecule has 6 rings (SSSR count). The maximum atomic E-state index is 11.8. The van der Waals surface area contributed by atoms with E-state index in [1.807, 2.05) is 36.8 Å². The Morgan fingerprint density at radius 2 is 1.95 bits per heavy atom. The van der Waals surface area contributed by atoms with Crippen molar-refractivity contribution in [1.29, 1.82) is 0 Å². The molecule has 1 aliphatic rings. The Morgan fingerprint density at radius 3 is 2.76 bits per heavy atom. The Balaban J connectivity index is 1.41. The molecule has 6 heterocycles. The van der Waals surface area contributed by atoms with Crippen LogP contribution in [0.5, 0.6) is 0 Å². The fraction of sp³-hybridized carbons (Fsp3) is 0.185. The highest BCUT2D eigenvalue weighted by molar-refractivity contribution is 7.17. The number of anilines is 1. The summed E-state index contributed by atoms with van der Waals surface area (Å²) in [6, 6.07) is 10.1. The van der Waals surface area contributed by atoms with Crippen LogP contribution in [0.4, 0.5) is 5.69 Å². The molecule has 0 amide bonds. The number of hydrogen-bond acceptors (Lipinski definition) is 9. The molecule has 10 heteroatoms. The maximum Gasteiger partial charge on any atom is 0.169 e. The van der Waals surface area contributed by atoms with Gasteiger partial charge in [0.1, 0.15) is 16.9 Å². The topological polar surface area (TPSA) is 121 Å². The Hall–Kier alpha value is -4.44. The first-order chi connectivity index (χ1) is 18.0. The number of carbonyl (C=O) groups is 1. The van der Waals surface area contributed by atoms with Crippen molar-refractivity contribution in [3.63, 3.8) is 0 Å². The monoisotopic (exact) mass is 508 g/mol. The average Bonchev–Trinajstić information content (AvgIpc) is 3.55. The molecule has 1 aliphatic heterocycles. The first-order valence-corrected chi connectivity index (χ1v) is 12.8. The minimum absolute atomic E-state index is 0.0365. The number of rotatable bonds is 6. The highest BCUT2D eigenvalue weighted by Crippen LogP contribution is 2.32. The van der Waals surface area contributed by atoms with Crippen LogP contribution in [0.2, 0.25) is 0 Å². The van der Waals surface area contributed by atoms with E-state index in [1.165, 1.54) is 11.3 Å². The van der Waals surface area contributed by atoms with E-state index in [0.717, 1.165) is 49.7 Å². The quantitative estimate of drug-likeness (QED) is 0.275. The molecule has 37 heavy (non-hydrogen) atoms. The maximum absolute atomic E-state index is 11.8. The number of pyridine rings is 3. The normalized spacial score (nSPS) is 12.8. The van der Waals surface area contributed by atoms with Crippen LogP contribution in [0.25, 0.3) is 32.7 Å². The molecule has 0 unspecified atom stereocenters. The Bertz CT molecular complexity index is 1680. The molecule has 0 saturated heterocycles. The van der Waals surface area contributed by atoms with E-state index in [-0.39, 0.29) is 5.78 Å². The van der Waals surface area contributed by atoms with Gasteiger partial charge in [0.05, 0.1) is 33.2 Å². The van der Waals surface area contributed by atoms with Crippen molar-refractivity contribution >= 4 is 39.6 Å². The minimum Gasteiger partial charge on any atom is -0.382 e. The predicted octanol–water partition coefficient (Wildman–Crippen LogP) is 5.02. The Morgan fingerprint density at radius 1 is 1.08 bits per heavy atom. The van der Waals surface area contributed by atoms with Crippen LogP contribution in [0.15, 0.2) is 60.2 Å². The SMILES string of the molecule is CC(=O)c1ccc(-c2nccc3[nH]c(C4=NNCc5ncc(-c6cncc(NC(C)C)c6)cc54)nc23)s1. The molecule has 9 nitrogen and oxygen atoms in total. The number of aromatic amines is 1. The molecule has 0 fully saturated rings. The van der Waals surface area contributed by atoms with Crippen LogP contribution in [-0.2, 0) is 6.54 Å². The van der Waals surface area contributed by atoms with Gasteiger partial charge in [0, 0.05) is 47.5 Å². The fourth-order valence-corrected chi connectivity index (χ4v) is 5.22. The Labute approximate surface area is 217 Å². The molecule has 0 radical (unpaired) electrons. The number of thiophene rings is 1. The third kappa shape index (κ3) is 4.36. The van der Waals surface area contributed by atoms with E-state index in [9.17, 15) is 4.79 Å². The molecular weight excluding hydrogens is 484 g/mol. The number of Topliss-reactive ketones (excluding diaryl/α,β-unsaturated/α-hetero) is 1. The number of ketones is 1. The van der Waals surface area contributed by atoms with E-state index < -0.39 is 0 Å². The molecule has 3 N–H and O–H groups in total. The number of hydrazone groups is 1. The summed E-state index contributed by atoms with van der Waals surface area (Å²) in [5.41, 5.74) is 10.7. The largest absolute Gasteiger partial charge is 0.382 e. The molecule has 0 aromatic carbocycles. The van der Waals surface area contributed by atoms with Crippen molar-refractivity contribution in [3.05, 3.63) is 77.1 Å². The number of nitrogens with one attached hydrogen (secondary N) is 3. The van der Waals surface area contributed by atoms with Crippen LogP contribution in [0, 0.1) is 0 Å². The number of hydrogen-bond donors (Lipinski definition) is 3. The summed E-state index contributed by atoms with van der Waals surface area (Å²) in [5, 5.41) is 8.00. The highest BCUT2D eigenvalue weighted by Gasteiger charge is 2.23. The van der Waals surface area contributed by atoms with Gasteiger partial charge in [-0.15, -0.1) is 11.3 Å². The Kier molecular flexibility index (Phi) is 5.72. The zero-order valence-corrected chi connectivity index (χ0v) is 21.3. The summed E-state index contributed by atoms with van der Waals surface area (Å²) in [4.78, 5) is 35.4. The highest BCUT2D eigenvalue weighted by atomic mass is 32.1. The van der Waals surface area contributed by atoms with Gasteiger partial charge in [-0.2, -0.15) is 5.10 Å². The van der Waals surface area contributed by atoms with Crippen molar-refractivity contribution in [2.45, 2.75) is 33.4 Å². The van der Waals surface area contributed by atoms with Crippen molar-refractivity contribution in [2.75, 3.05) is 5.32 Å². The zero-order valence-electron chi connectivity index (χ0n) is 20.5. The lowest BCUT2D eigenvalue weighted by Crippen LogP contribution is -2.23. The van der Waals surface area contributed by atoms with Gasteiger partial charge >= 0.3 is 0 Å². The lowest BCUT2D eigenvalue weighted by atomic mass is 10.0. The predicted molar refractivity (Wildman–Crippen MR) is 146 cm³/mol. The van der Waals surface area contributed by atoms with E-state index in [0.29, 0.717) is 29.0 Å². The molecule has 0 bridgehead atoms. The van der Waals surface area contributed by atoms with Gasteiger partial charge in [-0.1, -0.05) is 0 Å². The second-order valence-corrected chi connectivity index (χ2v) is 10.2. The summed E-state index contributed by atoms with van der Waals surface area (Å²) in [5.74, 6) is 0.655. The molecule has 5 aromatic heterocycles. The van der Waals surface area contributed by atoms with E-state index in [2.05, 4.69) is 56.8 Å². The zero-order chi connectivity index (χ0) is 25.5. The van der Waals surface area contributed by atoms with Crippen LogP contribution >= 0.6 is 11.3 Å².